The highest BCUT2D eigenvalue weighted by Crippen LogP contribution is 2.32. The molecule has 0 saturated heterocycles. The van der Waals surface area contributed by atoms with Crippen LogP contribution >= 0.6 is 27.5 Å². The third-order valence-corrected chi connectivity index (χ3v) is 5.49. The highest BCUT2D eigenvalue weighted by atomic mass is 79.9. The van der Waals surface area contributed by atoms with E-state index in [0.717, 1.165) is 5.56 Å². The van der Waals surface area contributed by atoms with Gasteiger partial charge in [-0.1, -0.05) is 23.7 Å². The van der Waals surface area contributed by atoms with Crippen LogP contribution in [0.25, 0.3) is 0 Å². The summed E-state index contributed by atoms with van der Waals surface area (Å²) >= 11 is 9.18. The van der Waals surface area contributed by atoms with Crippen LogP contribution in [-0.2, 0) is 10.0 Å². The van der Waals surface area contributed by atoms with Crippen LogP contribution in [0.5, 0.6) is 0 Å². The molecule has 0 amide bonds. The predicted molar refractivity (Wildman–Crippen MR) is 85.6 cm³/mol. The molecule has 0 bridgehead atoms. The number of rotatable bonds is 3. The summed E-state index contributed by atoms with van der Waals surface area (Å²) in [5.74, 6) is 0. The molecule has 2 aromatic rings. The lowest BCUT2D eigenvalue weighted by Gasteiger charge is -2.12. The number of nitrogen functional groups attached to an aromatic ring is 1. The van der Waals surface area contributed by atoms with Gasteiger partial charge in [0.05, 0.1) is 20.9 Å². The largest absolute Gasteiger partial charge is 0.398 e. The molecule has 3 N–H and O–H groups in total. The minimum Gasteiger partial charge on any atom is -0.398 e. The quantitative estimate of drug-likeness (QED) is 0.802. The SMILES string of the molecule is Cc1ccc(S(=O)(=O)Nc2cccc(Cl)c2Br)c(N)c1. The molecular formula is C13H12BrClN2O2S. The standard InChI is InChI=1S/C13H12BrClN2O2S/c1-8-5-6-12(10(16)7-8)20(18,19)17-11-4-2-3-9(15)13(11)14/h2-7,17H,16H2,1H3. The van der Waals surface area contributed by atoms with Crippen LogP contribution < -0.4 is 10.5 Å². The summed E-state index contributed by atoms with van der Waals surface area (Å²) in [6, 6.07) is 9.70. The van der Waals surface area contributed by atoms with Gasteiger partial charge in [-0.2, -0.15) is 0 Å². The third kappa shape index (κ3) is 3.08. The Kier molecular flexibility index (Phi) is 4.27. The summed E-state index contributed by atoms with van der Waals surface area (Å²) in [7, 11) is -3.76. The van der Waals surface area contributed by atoms with E-state index in [1.165, 1.54) is 6.07 Å². The smallest absolute Gasteiger partial charge is 0.263 e. The summed E-state index contributed by atoms with van der Waals surface area (Å²) in [4.78, 5) is 0.0370. The van der Waals surface area contributed by atoms with Crippen LogP contribution in [0.1, 0.15) is 5.56 Å². The van der Waals surface area contributed by atoms with E-state index in [1.54, 1.807) is 30.3 Å². The Hall–Kier alpha value is -1.24. The van der Waals surface area contributed by atoms with Gasteiger partial charge in [0, 0.05) is 0 Å². The second kappa shape index (κ2) is 5.63. The Bertz CT molecular complexity index is 763. The highest BCUT2D eigenvalue weighted by molar-refractivity contribution is 9.10. The van der Waals surface area contributed by atoms with E-state index in [4.69, 9.17) is 17.3 Å². The van der Waals surface area contributed by atoms with Crippen LogP contribution in [0.4, 0.5) is 11.4 Å². The minimum atomic E-state index is -3.76. The zero-order chi connectivity index (χ0) is 14.9. The van der Waals surface area contributed by atoms with Crippen molar-refractivity contribution in [2.24, 2.45) is 0 Å². The number of halogens is 2. The van der Waals surface area contributed by atoms with E-state index in [1.807, 2.05) is 6.92 Å². The number of sulfonamides is 1. The molecule has 0 heterocycles. The first-order valence-electron chi connectivity index (χ1n) is 5.64. The summed E-state index contributed by atoms with van der Waals surface area (Å²) < 4.78 is 27.6. The van der Waals surface area contributed by atoms with Crippen molar-refractivity contribution in [3.05, 3.63) is 51.5 Å². The molecule has 106 valence electrons. The predicted octanol–water partition coefficient (Wildman–Crippen LogP) is 3.79. The van der Waals surface area contributed by atoms with Gasteiger partial charge in [0.2, 0.25) is 0 Å². The minimum absolute atomic E-state index is 0.0370. The summed E-state index contributed by atoms with van der Waals surface area (Å²) in [6.07, 6.45) is 0. The van der Waals surface area contributed by atoms with Crippen molar-refractivity contribution in [1.82, 2.24) is 0 Å². The van der Waals surface area contributed by atoms with Gasteiger partial charge in [0.1, 0.15) is 4.90 Å². The van der Waals surface area contributed by atoms with Gasteiger partial charge in [-0.25, -0.2) is 8.42 Å². The molecule has 0 fully saturated rings. The van der Waals surface area contributed by atoms with Crippen molar-refractivity contribution in [2.45, 2.75) is 11.8 Å². The van der Waals surface area contributed by atoms with Crippen molar-refractivity contribution in [3.63, 3.8) is 0 Å². The van der Waals surface area contributed by atoms with E-state index in [9.17, 15) is 8.42 Å². The normalized spacial score (nSPS) is 11.3. The Morgan fingerprint density at radius 2 is 1.95 bits per heavy atom. The Morgan fingerprint density at radius 3 is 2.60 bits per heavy atom. The second-order valence-corrected chi connectivity index (χ2v) is 7.10. The first kappa shape index (κ1) is 15.2. The summed E-state index contributed by atoms with van der Waals surface area (Å²) in [5, 5.41) is 0.419. The van der Waals surface area contributed by atoms with Gasteiger partial charge in [-0.05, 0) is 52.7 Å². The van der Waals surface area contributed by atoms with Crippen molar-refractivity contribution >= 4 is 48.9 Å². The second-order valence-electron chi connectivity index (χ2n) is 4.25. The molecule has 0 saturated carbocycles. The van der Waals surface area contributed by atoms with E-state index in [2.05, 4.69) is 20.7 Å². The van der Waals surface area contributed by atoms with Gasteiger partial charge in [0.15, 0.2) is 0 Å². The average Bonchev–Trinajstić information content (AvgIpc) is 2.34. The van der Waals surface area contributed by atoms with Crippen molar-refractivity contribution in [3.8, 4) is 0 Å². The van der Waals surface area contributed by atoms with Crippen LogP contribution in [0.2, 0.25) is 5.02 Å². The number of hydrogen-bond donors (Lipinski definition) is 2. The number of hydrogen-bond acceptors (Lipinski definition) is 3. The molecule has 0 aliphatic heterocycles. The molecule has 7 heteroatoms. The van der Waals surface area contributed by atoms with Crippen molar-refractivity contribution < 1.29 is 8.42 Å². The molecule has 0 unspecified atom stereocenters. The maximum atomic E-state index is 12.3. The zero-order valence-corrected chi connectivity index (χ0v) is 13.7. The number of anilines is 2. The van der Waals surface area contributed by atoms with E-state index < -0.39 is 10.0 Å². The van der Waals surface area contributed by atoms with E-state index in [-0.39, 0.29) is 10.6 Å². The Balaban J connectivity index is 2.44. The molecule has 0 atom stereocenters. The number of aryl methyl sites for hydroxylation is 1. The van der Waals surface area contributed by atoms with Crippen LogP contribution in [-0.4, -0.2) is 8.42 Å². The number of nitrogens with one attached hydrogen (secondary N) is 1. The zero-order valence-electron chi connectivity index (χ0n) is 10.5. The lowest BCUT2D eigenvalue weighted by atomic mass is 10.2. The molecule has 0 radical (unpaired) electrons. The molecule has 20 heavy (non-hydrogen) atoms. The molecule has 2 aromatic carbocycles. The molecule has 0 aliphatic rings. The Labute approximate surface area is 131 Å². The van der Waals surface area contributed by atoms with Crippen LogP contribution in [0.3, 0.4) is 0 Å². The van der Waals surface area contributed by atoms with Gasteiger partial charge in [-0.3, -0.25) is 4.72 Å². The molecule has 0 aromatic heterocycles. The first-order chi connectivity index (χ1) is 9.31. The average molecular weight is 376 g/mol. The van der Waals surface area contributed by atoms with Gasteiger partial charge < -0.3 is 5.73 Å². The fourth-order valence-electron chi connectivity index (χ4n) is 1.69. The first-order valence-corrected chi connectivity index (χ1v) is 8.29. The topological polar surface area (TPSA) is 72.2 Å². The summed E-state index contributed by atoms with van der Waals surface area (Å²) in [6.45, 7) is 1.84. The molecular weight excluding hydrogens is 364 g/mol. The number of benzene rings is 2. The molecule has 2 rings (SSSR count). The van der Waals surface area contributed by atoms with Crippen LogP contribution in [0.15, 0.2) is 45.8 Å². The van der Waals surface area contributed by atoms with E-state index >= 15 is 0 Å². The lowest BCUT2D eigenvalue weighted by molar-refractivity contribution is 0.601. The van der Waals surface area contributed by atoms with E-state index in [0.29, 0.717) is 15.2 Å². The fourth-order valence-corrected chi connectivity index (χ4v) is 3.55. The molecule has 0 spiro atoms. The van der Waals surface area contributed by atoms with Crippen molar-refractivity contribution in [2.75, 3.05) is 10.5 Å². The van der Waals surface area contributed by atoms with Gasteiger partial charge in [0.25, 0.3) is 10.0 Å². The number of nitrogens with two attached hydrogens (primary N) is 1. The molecule has 4 nitrogen and oxygen atoms in total. The summed E-state index contributed by atoms with van der Waals surface area (Å²) in [5.41, 5.74) is 7.23. The highest BCUT2D eigenvalue weighted by Gasteiger charge is 2.19. The maximum Gasteiger partial charge on any atom is 0.263 e. The van der Waals surface area contributed by atoms with Crippen LogP contribution in [0, 0.1) is 6.92 Å². The third-order valence-electron chi connectivity index (χ3n) is 2.65. The Morgan fingerprint density at radius 1 is 1.25 bits per heavy atom. The van der Waals surface area contributed by atoms with Gasteiger partial charge >= 0.3 is 0 Å². The van der Waals surface area contributed by atoms with Crippen molar-refractivity contribution in [1.29, 1.82) is 0 Å². The van der Waals surface area contributed by atoms with Gasteiger partial charge in [-0.15, -0.1) is 0 Å². The monoisotopic (exact) mass is 374 g/mol. The molecule has 0 aliphatic carbocycles. The lowest BCUT2D eigenvalue weighted by Crippen LogP contribution is -2.15. The fraction of sp³-hybridized carbons (Fsp3) is 0.0769. The maximum absolute atomic E-state index is 12.3.